The van der Waals surface area contributed by atoms with Gasteiger partial charge in [-0.15, -0.1) is 0 Å². The van der Waals surface area contributed by atoms with Crippen molar-refractivity contribution < 1.29 is 13.6 Å². The van der Waals surface area contributed by atoms with Gasteiger partial charge in [-0.3, -0.25) is 9.78 Å². The van der Waals surface area contributed by atoms with E-state index in [1.165, 1.54) is 6.08 Å². The summed E-state index contributed by atoms with van der Waals surface area (Å²) in [5.41, 5.74) is 0.936. The molecular formula is C16H14F2N2O. The molecule has 0 aliphatic heterocycles. The smallest absolute Gasteiger partial charge is 0.244 e. The van der Waals surface area contributed by atoms with Crippen molar-refractivity contribution in [1.29, 1.82) is 0 Å². The van der Waals surface area contributed by atoms with E-state index in [0.717, 1.165) is 23.8 Å². The molecule has 1 aromatic heterocycles. The Morgan fingerprint density at radius 3 is 2.67 bits per heavy atom. The molecule has 0 radical (unpaired) electrons. The van der Waals surface area contributed by atoms with Crippen LogP contribution in [-0.2, 0) is 4.79 Å². The van der Waals surface area contributed by atoms with Gasteiger partial charge in [0.25, 0.3) is 0 Å². The number of halogens is 2. The second-order valence-corrected chi connectivity index (χ2v) is 4.51. The molecule has 1 amide bonds. The van der Waals surface area contributed by atoms with E-state index in [4.69, 9.17) is 0 Å². The van der Waals surface area contributed by atoms with Crippen molar-refractivity contribution in [2.24, 2.45) is 0 Å². The Morgan fingerprint density at radius 2 is 1.95 bits per heavy atom. The maximum absolute atomic E-state index is 13.6. The monoisotopic (exact) mass is 288 g/mol. The Labute approximate surface area is 121 Å². The van der Waals surface area contributed by atoms with E-state index < -0.39 is 17.7 Å². The van der Waals surface area contributed by atoms with E-state index in [0.29, 0.717) is 0 Å². The van der Waals surface area contributed by atoms with Crippen molar-refractivity contribution in [3.05, 3.63) is 71.6 Å². The highest BCUT2D eigenvalue weighted by atomic mass is 19.1. The summed E-state index contributed by atoms with van der Waals surface area (Å²) in [7, 11) is 0. The van der Waals surface area contributed by atoms with Crippen LogP contribution in [-0.4, -0.2) is 10.9 Å². The first-order valence-electron chi connectivity index (χ1n) is 6.40. The zero-order chi connectivity index (χ0) is 15.2. The van der Waals surface area contributed by atoms with E-state index in [-0.39, 0.29) is 11.5 Å². The fourth-order valence-corrected chi connectivity index (χ4v) is 1.83. The Morgan fingerprint density at radius 1 is 1.24 bits per heavy atom. The predicted octanol–water partition coefficient (Wildman–Crippen LogP) is 3.25. The molecule has 1 unspecified atom stereocenters. The molecule has 0 fully saturated rings. The number of rotatable bonds is 4. The van der Waals surface area contributed by atoms with Crippen LogP contribution in [0.5, 0.6) is 0 Å². The molecule has 0 aliphatic rings. The first-order valence-corrected chi connectivity index (χ1v) is 6.40. The molecular weight excluding hydrogens is 274 g/mol. The molecule has 108 valence electrons. The molecule has 1 N–H and O–H groups in total. The van der Waals surface area contributed by atoms with Gasteiger partial charge in [0.15, 0.2) is 0 Å². The Bertz CT molecular complexity index is 657. The third-order valence-electron chi connectivity index (χ3n) is 2.92. The summed E-state index contributed by atoms with van der Waals surface area (Å²) in [4.78, 5) is 15.6. The lowest BCUT2D eigenvalue weighted by Crippen LogP contribution is -2.25. The number of pyridine rings is 1. The van der Waals surface area contributed by atoms with Gasteiger partial charge < -0.3 is 5.32 Å². The number of carbonyl (C=O) groups excluding carboxylic acids is 1. The summed E-state index contributed by atoms with van der Waals surface area (Å²) in [5.74, 6) is -1.48. The van der Waals surface area contributed by atoms with Gasteiger partial charge in [0.05, 0.1) is 6.04 Å². The van der Waals surface area contributed by atoms with Gasteiger partial charge in [0.2, 0.25) is 5.91 Å². The Hall–Kier alpha value is -2.56. The van der Waals surface area contributed by atoms with Crippen LogP contribution in [0.2, 0.25) is 0 Å². The van der Waals surface area contributed by atoms with Crippen molar-refractivity contribution in [2.75, 3.05) is 0 Å². The fourth-order valence-electron chi connectivity index (χ4n) is 1.83. The summed E-state index contributed by atoms with van der Waals surface area (Å²) in [6.45, 7) is 1.59. The number of benzene rings is 1. The number of hydrogen-bond donors (Lipinski definition) is 1. The quantitative estimate of drug-likeness (QED) is 0.877. The lowest BCUT2D eigenvalue weighted by molar-refractivity contribution is -0.117. The van der Waals surface area contributed by atoms with E-state index >= 15 is 0 Å². The summed E-state index contributed by atoms with van der Waals surface area (Å²) in [6, 6.07) is 6.03. The van der Waals surface area contributed by atoms with Crippen LogP contribution in [0.1, 0.15) is 24.1 Å². The van der Waals surface area contributed by atoms with Crippen LogP contribution < -0.4 is 5.32 Å². The van der Waals surface area contributed by atoms with E-state index in [9.17, 15) is 13.6 Å². The van der Waals surface area contributed by atoms with Crippen molar-refractivity contribution in [1.82, 2.24) is 10.3 Å². The van der Waals surface area contributed by atoms with Gasteiger partial charge in [-0.1, -0.05) is 0 Å². The van der Waals surface area contributed by atoms with Gasteiger partial charge in [-0.05, 0) is 48.9 Å². The minimum Gasteiger partial charge on any atom is -0.346 e. The van der Waals surface area contributed by atoms with Crippen LogP contribution in [0.25, 0.3) is 6.08 Å². The van der Waals surface area contributed by atoms with Crippen molar-refractivity contribution in [3.63, 3.8) is 0 Å². The van der Waals surface area contributed by atoms with Crippen LogP contribution in [0.4, 0.5) is 8.78 Å². The largest absolute Gasteiger partial charge is 0.346 e. The Kier molecular flexibility index (Phi) is 4.77. The van der Waals surface area contributed by atoms with Crippen molar-refractivity contribution in [3.8, 4) is 0 Å². The fraction of sp³-hybridized carbons (Fsp3) is 0.125. The summed E-state index contributed by atoms with van der Waals surface area (Å²) in [5, 5.41) is 2.59. The highest BCUT2D eigenvalue weighted by Gasteiger charge is 2.13. The van der Waals surface area contributed by atoms with Crippen LogP contribution in [0, 0.1) is 11.6 Å². The molecule has 2 aromatic rings. The lowest BCUT2D eigenvalue weighted by atomic mass is 10.1. The summed E-state index contributed by atoms with van der Waals surface area (Å²) < 4.78 is 26.7. The normalized spacial score (nSPS) is 12.3. The molecule has 2 rings (SSSR count). The second-order valence-electron chi connectivity index (χ2n) is 4.51. The molecule has 1 heterocycles. The number of carbonyl (C=O) groups is 1. The maximum atomic E-state index is 13.6. The van der Waals surface area contributed by atoms with Gasteiger partial charge in [0.1, 0.15) is 11.6 Å². The molecule has 0 saturated carbocycles. The van der Waals surface area contributed by atoms with Gasteiger partial charge in [-0.2, -0.15) is 0 Å². The minimum absolute atomic E-state index is 0.112. The lowest BCUT2D eigenvalue weighted by Gasteiger charge is -2.13. The molecule has 21 heavy (non-hydrogen) atoms. The summed E-state index contributed by atoms with van der Waals surface area (Å²) in [6.07, 6.45) is 6.18. The van der Waals surface area contributed by atoms with Gasteiger partial charge in [0, 0.05) is 24.0 Å². The average molecular weight is 288 g/mol. The number of aromatic nitrogens is 1. The molecule has 0 saturated heterocycles. The van der Waals surface area contributed by atoms with Crippen LogP contribution in [0.3, 0.4) is 0 Å². The van der Waals surface area contributed by atoms with Gasteiger partial charge in [-0.25, -0.2) is 8.78 Å². The van der Waals surface area contributed by atoms with Crippen molar-refractivity contribution >= 4 is 12.0 Å². The number of nitrogens with one attached hydrogen (secondary N) is 1. The molecule has 1 aromatic carbocycles. The van der Waals surface area contributed by atoms with E-state index in [2.05, 4.69) is 10.3 Å². The molecule has 0 bridgehead atoms. The third kappa shape index (κ3) is 4.21. The third-order valence-corrected chi connectivity index (χ3v) is 2.92. The number of hydrogen-bond acceptors (Lipinski definition) is 2. The zero-order valence-electron chi connectivity index (χ0n) is 11.4. The maximum Gasteiger partial charge on any atom is 0.244 e. The van der Waals surface area contributed by atoms with Crippen LogP contribution in [0.15, 0.2) is 48.8 Å². The molecule has 3 nitrogen and oxygen atoms in total. The van der Waals surface area contributed by atoms with E-state index in [1.54, 1.807) is 37.5 Å². The van der Waals surface area contributed by atoms with Crippen LogP contribution >= 0.6 is 0 Å². The Balaban J connectivity index is 2.02. The highest BCUT2D eigenvalue weighted by molar-refractivity contribution is 5.91. The molecule has 0 aliphatic carbocycles. The van der Waals surface area contributed by atoms with E-state index in [1.807, 2.05) is 0 Å². The first kappa shape index (κ1) is 14.8. The highest BCUT2D eigenvalue weighted by Crippen LogP contribution is 2.17. The average Bonchev–Trinajstić information content (AvgIpc) is 2.48. The molecule has 1 atom stereocenters. The van der Waals surface area contributed by atoms with Crippen molar-refractivity contribution in [2.45, 2.75) is 13.0 Å². The van der Waals surface area contributed by atoms with Gasteiger partial charge >= 0.3 is 0 Å². The second kappa shape index (κ2) is 6.74. The summed E-state index contributed by atoms with van der Waals surface area (Å²) >= 11 is 0. The first-order chi connectivity index (χ1) is 10.1. The SMILES string of the molecule is CC(NC(=O)/C=C/c1ccncc1)c1cc(F)ccc1F. The molecule has 5 heteroatoms. The number of nitrogens with zero attached hydrogens (tertiary/aromatic N) is 1. The zero-order valence-corrected chi connectivity index (χ0v) is 11.4. The standard InChI is InChI=1S/C16H14F2N2O/c1-11(14-10-13(17)3-4-15(14)18)20-16(21)5-2-12-6-8-19-9-7-12/h2-11H,1H3,(H,20,21)/b5-2+. The minimum atomic E-state index is -0.629. The number of amides is 1. The predicted molar refractivity (Wildman–Crippen MR) is 76.2 cm³/mol. The molecule has 0 spiro atoms. The topological polar surface area (TPSA) is 42.0 Å².